The lowest BCUT2D eigenvalue weighted by Crippen LogP contribution is -2.30. The third-order valence-corrected chi connectivity index (χ3v) is 5.66. The number of carbonyl (C=O) groups excluding carboxylic acids is 1. The number of carbonyl (C=O) groups is 1. The fraction of sp³-hybridized carbons (Fsp3) is 0.381. The van der Waals surface area contributed by atoms with E-state index < -0.39 is 10.0 Å². The molecule has 29 heavy (non-hydrogen) atoms. The van der Waals surface area contributed by atoms with Crippen LogP contribution in [0.25, 0.3) is 0 Å². The van der Waals surface area contributed by atoms with Gasteiger partial charge in [0.2, 0.25) is 10.0 Å². The highest BCUT2D eigenvalue weighted by molar-refractivity contribution is 7.97. The van der Waals surface area contributed by atoms with Crippen LogP contribution in [0.4, 0.5) is 10.5 Å². The lowest BCUT2D eigenvalue weighted by molar-refractivity contribution is 0.246. The van der Waals surface area contributed by atoms with E-state index in [0.29, 0.717) is 18.0 Å². The lowest BCUT2D eigenvalue weighted by Gasteiger charge is -2.19. The number of aryl methyl sites for hydroxylation is 1. The van der Waals surface area contributed by atoms with Crippen molar-refractivity contribution in [2.45, 2.75) is 45.4 Å². The van der Waals surface area contributed by atoms with Crippen LogP contribution >= 0.6 is 11.9 Å². The van der Waals surface area contributed by atoms with E-state index in [1.54, 1.807) is 6.07 Å². The maximum Gasteiger partial charge on any atom is 0.325 e. The fourth-order valence-electron chi connectivity index (χ4n) is 2.66. The second kappa shape index (κ2) is 9.54. The molecule has 0 aliphatic heterocycles. The number of anilines is 1. The molecule has 3 N–H and O–H groups in total. The summed E-state index contributed by atoms with van der Waals surface area (Å²) in [5.74, 6) is 0.577. The van der Waals surface area contributed by atoms with Gasteiger partial charge in [-0.1, -0.05) is 57.2 Å². The van der Waals surface area contributed by atoms with Gasteiger partial charge in [-0.2, -0.15) is 0 Å². The Hall–Kier alpha value is -2.19. The van der Waals surface area contributed by atoms with Crippen molar-refractivity contribution in [2.24, 2.45) is 0 Å². The molecule has 0 heterocycles. The van der Waals surface area contributed by atoms with E-state index in [2.05, 4.69) is 47.7 Å². The molecule has 158 valence electrons. The number of benzene rings is 2. The second-order valence-corrected chi connectivity index (χ2v) is 10.6. The van der Waals surface area contributed by atoms with Crippen LogP contribution in [0.3, 0.4) is 0 Å². The zero-order valence-corrected chi connectivity index (χ0v) is 19.1. The summed E-state index contributed by atoms with van der Waals surface area (Å²) in [5, 5.41) is 2.84. The van der Waals surface area contributed by atoms with Crippen LogP contribution in [0, 0.1) is 6.92 Å². The minimum atomic E-state index is -3.30. The first kappa shape index (κ1) is 23.1. The third kappa shape index (κ3) is 7.98. The Morgan fingerprint density at radius 1 is 1.03 bits per heavy atom. The van der Waals surface area contributed by atoms with E-state index in [0.717, 1.165) is 22.9 Å². The van der Waals surface area contributed by atoms with Crippen molar-refractivity contribution in [2.75, 3.05) is 11.0 Å². The number of sulfonamides is 1. The van der Waals surface area contributed by atoms with Crippen LogP contribution in [0.5, 0.6) is 0 Å². The summed E-state index contributed by atoms with van der Waals surface area (Å²) in [5.41, 5.74) is 4.79. The highest BCUT2D eigenvalue weighted by Crippen LogP contribution is 2.22. The van der Waals surface area contributed by atoms with Gasteiger partial charge in [0.15, 0.2) is 0 Å². The van der Waals surface area contributed by atoms with Crippen LogP contribution in [0.1, 0.15) is 43.0 Å². The summed E-state index contributed by atoms with van der Waals surface area (Å²) < 4.78 is 27.9. The van der Waals surface area contributed by atoms with Crippen molar-refractivity contribution >= 4 is 33.7 Å². The number of hydrogen-bond donors (Lipinski definition) is 3. The van der Waals surface area contributed by atoms with Crippen LogP contribution in [-0.2, 0) is 27.7 Å². The molecule has 6 nitrogen and oxygen atoms in total. The molecular weight excluding hydrogens is 406 g/mol. The van der Waals surface area contributed by atoms with Gasteiger partial charge in [-0.25, -0.2) is 13.2 Å². The average molecular weight is 436 g/mol. The number of amides is 2. The molecule has 2 rings (SSSR count). The highest BCUT2D eigenvalue weighted by atomic mass is 32.2. The zero-order chi connectivity index (χ0) is 21.7. The third-order valence-electron chi connectivity index (χ3n) is 4.26. The van der Waals surface area contributed by atoms with Gasteiger partial charge < -0.3 is 5.32 Å². The van der Waals surface area contributed by atoms with Gasteiger partial charge in [-0.15, -0.1) is 0 Å². The van der Waals surface area contributed by atoms with E-state index in [1.807, 2.05) is 31.2 Å². The first-order chi connectivity index (χ1) is 13.4. The topological polar surface area (TPSA) is 87.3 Å². The van der Waals surface area contributed by atoms with Crippen molar-refractivity contribution in [1.29, 1.82) is 0 Å². The Morgan fingerprint density at radius 2 is 1.66 bits per heavy atom. The highest BCUT2D eigenvalue weighted by Gasteiger charge is 2.13. The zero-order valence-electron chi connectivity index (χ0n) is 17.5. The SMILES string of the molecule is Cc1cc(CSNC(=O)NCc2ccc(C(C)(C)C)cc2)ccc1NS(C)(=O)=O. The first-order valence-corrected chi connectivity index (χ1v) is 12.1. The Bertz CT molecular complexity index is 950. The maximum absolute atomic E-state index is 12.0. The van der Waals surface area contributed by atoms with Crippen LogP contribution < -0.4 is 14.8 Å². The Labute approximate surface area is 178 Å². The normalized spacial score (nSPS) is 11.8. The van der Waals surface area contributed by atoms with Gasteiger partial charge in [0.25, 0.3) is 0 Å². The fourth-order valence-corrected chi connectivity index (χ4v) is 3.91. The van der Waals surface area contributed by atoms with Gasteiger partial charge in [0, 0.05) is 12.3 Å². The molecular formula is C21H29N3O3S2. The molecule has 0 unspecified atom stereocenters. The van der Waals surface area contributed by atoms with Crippen molar-refractivity contribution < 1.29 is 13.2 Å². The summed E-state index contributed by atoms with van der Waals surface area (Å²) in [4.78, 5) is 12.0. The van der Waals surface area contributed by atoms with Crippen molar-refractivity contribution in [3.63, 3.8) is 0 Å². The Morgan fingerprint density at radius 3 is 2.21 bits per heavy atom. The molecule has 8 heteroatoms. The predicted octanol–water partition coefficient (Wildman–Crippen LogP) is 4.31. The molecule has 2 aromatic rings. The van der Waals surface area contributed by atoms with Gasteiger partial charge in [-0.05, 0) is 52.6 Å². The smallest absolute Gasteiger partial charge is 0.325 e. The largest absolute Gasteiger partial charge is 0.333 e. The number of urea groups is 1. The molecule has 0 spiro atoms. The maximum atomic E-state index is 12.0. The number of rotatable bonds is 7. The number of nitrogens with one attached hydrogen (secondary N) is 3. The van der Waals surface area contributed by atoms with Crippen molar-refractivity contribution in [3.8, 4) is 0 Å². The molecule has 0 bridgehead atoms. The molecule has 0 aliphatic rings. The van der Waals surface area contributed by atoms with Gasteiger partial charge in [-0.3, -0.25) is 9.44 Å². The quantitative estimate of drug-likeness (QED) is 0.566. The van der Waals surface area contributed by atoms with Crippen molar-refractivity contribution in [1.82, 2.24) is 10.0 Å². The minimum Gasteiger partial charge on any atom is -0.333 e. The van der Waals surface area contributed by atoms with Crippen LogP contribution in [0.15, 0.2) is 42.5 Å². The van der Waals surface area contributed by atoms with Crippen LogP contribution in [0.2, 0.25) is 0 Å². The summed E-state index contributed by atoms with van der Waals surface area (Å²) in [6, 6.07) is 13.5. The van der Waals surface area contributed by atoms with Crippen molar-refractivity contribution in [3.05, 3.63) is 64.7 Å². The standard InChI is InChI=1S/C21H29N3O3S2/c1-15-12-17(8-11-19(15)24-29(5,26)27)14-28-23-20(25)22-13-16-6-9-18(10-7-16)21(2,3)4/h6-12,24H,13-14H2,1-5H3,(H2,22,23,25). The monoisotopic (exact) mass is 435 g/mol. The molecule has 0 aromatic heterocycles. The summed E-state index contributed by atoms with van der Waals surface area (Å²) in [6.07, 6.45) is 1.12. The summed E-state index contributed by atoms with van der Waals surface area (Å²) >= 11 is 1.28. The van der Waals surface area contributed by atoms with Gasteiger partial charge in [0.1, 0.15) is 0 Å². The molecule has 0 radical (unpaired) electrons. The molecule has 0 fully saturated rings. The molecule has 0 saturated carbocycles. The molecule has 0 aliphatic carbocycles. The van der Waals surface area contributed by atoms with E-state index in [9.17, 15) is 13.2 Å². The molecule has 0 atom stereocenters. The molecule has 0 saturated heterocycles. The number of hydrogen-bond acceptors (Lipinski definition) is 4. The van der Waals surface area contributed by atoms with Gasteiger partial charge in [0.05, 0.1) is 11.9 Å². The summed E-state index contributed by atoms with van der Waals surface area (Å²) in [6.45, 7) is 8.81. The van der Waals surface area contributed by atoms with Gasteiger partial charge >= 0.3 is 6.03 Å². The van der Waals surface area contributed by atoms with E-state index >= 15 is 0 Å². The Balaban J connectivity index is 1.78. The molecule has 2 amide bonds. The summed E-state index contributed by atoms with van der Waals surface area (Å²) in [7, 11) is -3.30. The first-order valence-electron chi connectivity index (χ1n) is 9.26. The van der Waals surface area contributed by atoms with E-state index in [4.69, 9.17) is 0 Å². The lowest BCUT2D eigenvalue weighted by atomic mass is 9.87. The minimum absolute atomic E-state index is 0.109. The average Bonchev–Trinajstić information content (AvgIpc) is 2.61. The second-order valence-electron chi connectivity index (χ2n) is 8.04. The van der Waals surface area contributed by atoms with E-state index in [-0.39, 0.29) is 11.4 Å². The molecule has 2 aromatic carbocycles. The predicted molar refractivity (Wildman–Crippen MR) is 121 cm³/mol. The Kier molecular flexibility index (Phi) is 7.60. The van der Waals surface area contributed by atoms with E-state index in [1.165, 1.54) is 17.5 Å². The van der Waals surface area contributed by atoms with Crippen LogP contribution in [-0.4, -0.2) is 20.7 Å².